The Balaban J connectivity index is 5.40. The number of carbonyl (C=O) groups excluding carboxylic acids is 4. The van der Waals surface area contributed by atoms with Crippen molar-refractivity contribution in [2.24, 2.45) is 0 Å². The van der Waals surface area contributed by atoms with Crippen LogP contribution in [-0.4, -0.2) is 96.7 Å². The van der Waals surface area contributed by atoms with Crippen LogP contribution in [0.1, 0.15) is 387 Å². The van der Waals surface area contributed by atoms with Gasteiger partial charge in [-0.1, -0.05) is 342 Å². The zero-order valence-electron chi connectivity index (χ0n) is 71.1. The zero-order chi connectivity index (χ0) is 81.7. The van der Waals surface area contributed by atoms with E-state index in [0.29, 0.717) is 25.7 Å². The number of phosphoric ester groups is 2. The molecular formula is C93H162O17P2. The third-order valence-electron chi connectivity index (χ3n) is 18.9. The van der Waals surface area contributed by atoms with E-state index in [4.69, 9.17) is 37.0 Å². The van der Waals surface area contributed by atoms with Crippen molar-refractivity contribution in [3.63, 3.8) is 0 Å². The largest absolute Gasteiger partial charge is 0.472 e. The molecule has 646 valence electrons. The predicted molar refractivity (Wildman–Crippen MR) is 464 cm³/mol. The molecule has 0 bridgehead atoms. The Labute approximate surface area is 682 Å². The molecule has 19 heteroatoms. The topological polar surface area (TPSA) is 237 Å². The first kappa shape index (κ1) is 107. The monoisotopic (exact) mass is 1610 g/mol. The van der Waals surface area contributed by atoms with Crippen molar-refractivity contribution < 1.29 is 80.2 Å². The SMILES string of the molecule is CC/C=C\C/C=C\C/C=C\C/C=C\CCCCCCCCC(=O)OCC(COP(=O)(O)OCC(O)COP(=O)(O)OCC(COC(=O)CCCCCCCC/C=C\C/C=C\C/C=C\CCCCC)OC(=O)CCCCCCCC/C=C\C/C=C\C/C=C\CCCCC)OC(=O)CCCCCCCCCCCCCCCCC. The molecule has 0 amide bonds. The van der Waals surface area contributed by atoms with Gasteiger partial charge in [-0.05, 0) is 141 Å². The van der Waals surface area contributed by atoms with Gasteiger partial charge in [0.15, 0.2) is 12.2 Å². The lowest BCUT2D eigenvalue weighted by atomic mass is 10.0. The van der Waals surface area contributed by atoms with E-state index in [-0.39, 0.29) is 25.7 Å². The molecule has 0 heterocycles. The third-order valence-corrected chi connectivity index (χ3v) is 20.8. The molecular weight excluding hydrogens is 1450 g/mol. The van der Waals surface area contributed by atoms with E-state index in [1.165, 1.54) is 103 Å². The van der Waals surface area contributed by atoms with Crippen molar-refractivity contribution in [3.8, 4) is 0 Å². The summed E-state index contributed by atoms with van der Waals surface area (Å²) in [6.07, 6.45) is 95.6. The molecule has 3 N–H and O–H groups in total. The van der Waals surface area contributed by atoms with Gasteiger partial charge in [-0.15, -0.1) is 0 Å². The van der Waals surface area contributed by atoms with Gasteiger partial charge >= 0.3 is 39.5 Å². The van der Waals surface area contributed by atoms with Crippen LogP contribution in [-0.2, 0) is 65.4 Å². The van der Waals surface area contributed by atoms with Crippen LogP contribution in [0.2, 0.25) is 0 Å². The Morgan fingerprint density at radius 3 is 0.732 bits per heavy atom. The molecule has 5 unspecified atom stereocenters. The number of allylic oxidation sites excluding steroid dienone is 20. The molecule has 0 saturated heterocycles. The van der Waals surface area contributed by atoms with Crippen molar-refractivity contribution >= 4 is 39.5 Å². The van der Waals surface area contributed by atoms with Crippen LogP contribution in [0.15, 0.2) is 122 Å². The number of hydrogen-bond donors (Lipinski definition) is 3. The molecule has 0 radical (unpaired) electrons. The first-order valence-electron chi connectivity index (χ1n) is 44.8. The molecule has 0 aromatic rings. The Hall–Kier alpha value is -4.54. The van der Waals surface area contributed by atoms with Gasteiger partial charge < -0.3 is 33.8 Å². The highest BCUT2D eigenvalue weighted by molar-refractivity contribution is 7.47. The van der Waals surface area contributed by atoms with Gasteiger partial charge in [-0.2, -0.15) is 0 Å². The molecule has 0 aliphatic heterocycles. The summed E-state index contributed by atoms with van der Waals surface area (Å²) in [5.41, 5.74) is 0. The van der Waals surface area contributed by atoms with Crippen LogP contribution < -0.4 is 0 Å². The Morgan fingerprint density at radius 2 is 0.464 bits per heavy atom. The molecule has 0 saturated carbocycles. The van der Waals surface area contributed by atoms with E-state index in [1.54, 1.807) is 0 Å². The molecule has 0 aromatic carbocycles. The second-order valence-electron chi connectivity index (χ2n) is 29.8. The minimum absolute atomic E-state index is 0.0763. The molecule has 0 spiro atoms. The summed E-state index contributed by atoms with van der Waals surface area (Å²) >= 11 is 0. The van der Waals surface area contributed by atoms with Crippen molar-refractivity contribution in [2.45, 2.75) is 406 Å². The minimum atomic E-state index is -4.99. The van der Waals surface area contributed by atoms with Gasteiger partial charge in [0.25, 0.3) is 0 Å². The lowest BCUT2D eigenvalue weighted by Crippen LogP contribution is -2.30. The van der Waals surface area contributed by atoms with E-state index >= 15 is 0 Å². The maximum atomic E-state index is 13.2. The normalized spacial score (nSPS) is 14.3. The smallest absolute Gasteiger partial charge is 0.462 e. The third kappa shape index (κ3) is 83.4. The lowest BCUT2D eigenvalue weighted by molar-refractivity contribution is -0.161. The van der Waals surface area contributed by atoms with Crippen LogP contribution in [0.25, 0.3) is 0 Å². The summed E-state index contributed by atoms with van der Waals surface area (Å²) in [5, 5.41) is 10.7. The van der Waals surface area contributed by atoms with Crippen molar-refractivity contribution in [3.05, 3.63) is 122 Å². The van der Waals surface area contributed by atoms with Gasteiger partial charge in [0.1, 0.15) is 19.3 Å². The van der Waals surface area contributed by atoms with Crippen LogP contribution in [0.5, 0.6) is 0 Å². The number of rotatable bonds is 84. The van der Waals surface area contributed by atoms with E-state index in [2.05, 4.69) is 149 Å². The number of aliphatic hydroxyl groups excluding tert-OH is 1. The Bertz CT molecular complexity index is 2590. The summed E-state index contributed by atoms with van der Waals surface area (Å²) in [7, 11) is -9.98. The van der Waals surface area contributed by atoms with Gasteiger partial charge in [-0.25, -0.2) is 9.13 Å². The van der Waals surface area contributed by atoms with Crippen molar-refractivity contribution in [1.29, 1.82) is 0 Å². The van der Waals surface area contributed by atoms with Crippen LogP contribution >= 0.6 is 15.6 Å². The molecule has 5 atom stereocenters. The number of carbonyl (C=O) groups is 4. The molecule has 0 aliphatic carbocycles. The van der Waals surface area contributed by atoms with Crippen molar-refractivity contribution in [1.82, 2.24) is 0 Å². The standard InChI is InChI=1S/C93H162O17P2/c1-5-9-13-17-21-25-29-33-37-40-43-46-50-53-57-61-65-69-73-77-90(95)103-83-88(109-92(97)79-75-71-67-63-59-55-49-36-32-28-24-20-16-12-8-4)85-107-111(99,100)105-81-87(94)82-106-112(101,102)108-86-89(110-93(98)80-76-72-68-64-60-56-52-48-45-42-39-35-31-27-23-19-15-11-7-3)84-104-91(96)78-74-70-66-62-58-54-51-47-44-41-38-34-30-26-22-18-14-10-6-2/h9,13,21-23,25-27,33-35,37-39,43-48,87-89,94H,5-8,10-12,14-20,24,28-32,36,40-42,49-86H2,1-4H3,(H,99,100)(H,101,102)/b13-9-,25-21-,26-22-,27-23-,37-33-,38-34-,39-35-,46-43-,47-44-,48-45-. The number of esters is 4. The second-order valence-corrected chi connectivity index (χ2v) is 32.7. The lowest BCUT2D eigenvalue weighted by Gasteiger charge is -2.21. The fourth-order valence-electron chi connectivity index (χ4n) is 12.1. The van der Waals surface area contributed by atoms with Crippen LogP contribution in [0.3, 0.4) is 0 Å². The van der Waals surface area contributed by atoms with E-state index in [1.807, 2.05) is 0 Å². The predicted octanol–water partition coefficient (Wildman–Crippen LogP) is 27.0. The summed E-state index contributed by atoms with van der Waals surface area (Å²) in [5.74, 6) is -2.19. The number of unbranched alkanes of at least 4 members (excludes halogenated alkanes) is 38. The highest BCUT2D eigenvalue weighted by atomic mass is 31.2. The molecule has 0 aliphatic rings. The van der Waals surface area contributed by atoms with Crippen molar-refractivity contribution in [2.75, 3.05) is 39.6 Å². The number of phosphoric acid groups is 2. The maximum Gasteiger partial charge on any atom is 0.472 e. The highest BCUT2D eigenvalue weighted by Crippen LogP contribution is 2.45. The summed E-state index contributed by atoms with van der Waals surface area (Å²) in [6, 6.07) is 0. The highest BCUT2D eigenvalue weighted by Gasteiger charge is 2.30. The Morgan fingerprint density at radius 1 is 0.259 bits per heavy atom. The zero-order valence-corrected chi connectivity index (χ0v) is 72.9. The average molecular weight is 1610 g/mol. The van der Waals surface area contributed by atoms with Gasteiger partial charge in [0, 0.05) is 25.7 Å². The fraction of sp³-hybridized carbons (Fsp3) is 0.742. The first-order chi connectivity index (χ1) is 54.7. The van der Waals surface area contributed by atoms with E-state index in [0.717, 1.165) is 205 Å². The summed E-state index contributed by atoms with van der Waals surface area (Å²) in [4.78, 5) is 73.4. The number of hydrogen-bond acceptors (Lipinski definition) is 15. The fourth-order valence-corrected chi connectivity index (χ4v) is 13.7. The van der Waals surface area contributed by atoms with Crippen LogP contribution in [0, 0.1) is 0 Å². The summed E-state index contributed by atoms with van der Waals surface area (Å²) in [6.45, 7) is 4.74. The molecule has 0 fully saturated rings. The maximum absolute atomic E-state index is 13.2. The Kier molecular flexibility index (Phi) is 81.0. The van der Waals surface area contributed by atoms with E-state index in [9.17, 15) is 43.2 Å². The van der Waals surface area contributed by atoms with Gasteiger partial charge in [0.05, 0.1) is 26.4 Å². The molecule has 17 nitrogen and oxygen atoms in total. The summed E-state index contributed by atoms with van der Waals surface area (Å²) < 4.78 is 69.0. The van der Waals surface area contributed by atoms with Crippen LogP contribution in [0.4, 0.5) is 0 Å². The number of aliphatic hydroxyl groups is 1. The van der Waals surface area contributed by atoms with E-state index < -0.39 is 97.5 Å². The average Bonchev–Trinajstić information content (AvgIpc) is 0.898. The number of ether oxygens (including phenoxy) is 4. The molecule has 112 heavy (non-hydrogen) atoms. The first-order valence-corrected chi connectivity index (χ1v) is 47.8. The van der Waals surface area contributed by atoms with Gasteiger partial charge in [-0.3, -0.25) is 37.3 Å². The second kappa shape index (κ2) is 84.4. The molecule has 0 rings (SSSR count). The molecule has 0 aromatic heterocycles. The quantitative estimate of drug-likeness (QED) is 0.0169. The van der Waals surface area contributed by atoms with Gasteiger partial charge in [0.2, 0.25) is 0 Å². The minimum Gasteiger partial charge on any atom is -0.462 e.